The normalized spacial score (nSPS) is 1.71. The minimum Gasteiger partial charge on any atom is -1.00 e. The standard InChI is InChI=1S/2CH5N.2HI.Pt/c2*1-2;;;/h2*2H2,1H3;2*1H;/q;;;;+2/p-2. The van der Waals surface area contributed by atoms with E-state index in [1.165, 1.54) is 14.1 Å². The largest absolute Gasteiger partial charge is 2.00 e. The Morgan fingerprint density at radius 3 is 0.714 bits per heavy atom. The zero-order valence-corrected chi connectivity index (χ0v) is 10.8. The van der Waals surface area contributed by atoms with E-state index in [-0.39, 0.29) is 69.0 Å². The van der Waals surface area contributed by atoms with Crippen molar-refractivity contribution in [3.8, 4) is 0 Å². The molecule has 0 heterocycles. The summed E-state index contributed by atoms with van der Waals surface area (Å²) in [5.41, 5.74) is 9.00. The summed E-state index contributed by atoms with van der Waals surface area (Å²) in [6, 6.07) is 0. The molecule has 0 saturated carbocycles. The molecule has 0 aromatic rings. The molecule has 0 atom stereocenters. The average molecular weight is 511 g/mol. The fourth-order valence-electron chi connectivity index (χ4n) is 0. The van der Waals surface area contributed by atoms with Crippen LogP contribution in [0.15, 0.2) is 0 Å². The molecule has 7 heavy (non-hydrogen) atoms. The van der Waals surface area contributed by atoms with Crippen molar-refractivity contribution in [3.63, 3.8) is 0 Å². The Hall–Kier alpha value is 2.07. The monoisotopic (exact) mass is 511 g/mol. The van der Waals surface area contributed by atoms with Gasteiger partial charge < -0.3 is 59.4 Å². The van der Waals surface area contributed by atoms with Crippen LogP contribution in [0, 0.1) is 0 Å². The third-order valence-corrected chi connectivity index (χ3v) is 0. The SMILES string of the molecule is CN.CN.[I-].[I-].[Pt+2]. The topological polar surface area (TPSA) is 52.0 Å². The number of hydrogen-bond donors (Lipinski definition) is 2. The molecular weight excluding hydrogens is 501 g/mol. The van der Waals surface area contributed by atoms with E-state index < -0.39 is 0 Å². The molecule has 0 aromatic heterocycles. The van der Waals surface area contributed by atoms with Crippen molar-refractivity contribution in [3.05, 3.63) is 0 Å². The molecule has 0 aliphatic carbocycles. The first-order valence-corrected chi connectivity index (χ1v) is 1.15. The Kier molecular flexibility index (Phi) is 480. The van der Waals surface area contributed by atoms with Gasteiger partial charge in [0.1, 0.15) is 0 Å². The van der Waals surface area contributed by atoms with Crippen LogP contribution in [0.25, 0.3) is 0 Å². The van der Waals surface area contributed by atoms with E-state index in [2.05, 4.69) is 11.5 Å². The number of nitrogens with two attached hydrogens (primary N) is 2. The summed E-state index contributed by atoms with van der Waals surface area (Å²) in [4.78, 5) is 0. The van der Waals surface area contributed by atoms with E-state index in [0.29, 0.717) is 0 Å². The molecule has 52 valence electrons. The van der Waals surface area contributed by atoms with Gasteiger partial charge in [-0.2, -0.15) is 0 Å². The van der Waals surface area contributed by atoms with Gasteiger partial charge in [-0.1, -0.05) is 0 Å². The van der Waals surface area contributed by atoms with Crippen LogP contribution >= 0.6 is 0 Å². The molecule has 0 radical (unpaired) electrons. The van der Waals surface area contributed by atoms with Crippen LogP contribution in [0.2, 0.25) is 0 Å². The van der Waals surface area contributed by atoms with Crippen molar-refractivity contribution in [2.45, 2.75) is 0 Å². The Morgan fingerprint density at radius 1 is 0.714 bits per heavy atom. The van der Waals surface area contributed by atoms with Crippen LogP contribution in [0.3, 0.4) is 0 Å². The maximum absolute atomic E-state index is 4.50. The van der Waals surface area contributed by atoms with Crippen LogP contribution in [-0.4, -0.2) is 14.1 Å². The number of halogens is 2. The summed E-state index contributed by atoms with van der Waals surface area (Å²) < 4.78 is 0. The molecule has 0 rings (SSSR count). The molecule has 0 amide bonds. The molecular formula is C2H10I2N2Pt. The molecule has 4 N–H and O–H groups in total. The molecule has 0 unspecified atom stereocenters. The van der Waals surface area contributed by atoms with Gasteiger partial charge in [0.25, 0.3) is 0 Å². The van der Waals surface area contributed by atoms with E-state index in [0.717, 1.165) is 0 Å². The zero-order valence-electron chi connectivity index (χ0n) is 4.23. The summed E-state index contributed by atoms with van der Waals surface area (Å²) in [6.07, 6.45) is 0. The van der Waals surface area contributed by atoms with Crippen molar-refractivity contribution in [2.24, 2.45) is 11.5 Å². The van der Waals surface area contributed by atoms with Gasteiger partial charge in [-0.15, -0.1) is 0 Å². The third kappa shape index (κ3) is 69.5. The van der Waals surface area contributed by atoms with E-state index in [1.807, 2.05) is 0 Å². The number of hydrogen-bond acceptors (Lipinski definition) is 2. The van der Waals surface area contributed by atoms with Gasteiger partial charge in [0.2, 0.25) is 0 Å². The summed E-state index contributed by atoms with van der Waals surface area (Å²) >= 11 is 0. The van der Waals surface area contributed by atoms with Crippen LogP contribution < -0.4 is 59.4 Å². The summed E-state index contributed by atoms with van der Waals surface area (Å²) in [5.74, 6) is 0. The van der Waals surface area contributed by atoms with Gasteiger partial charge in [0, 0.05) is 0 Å². The van der Waals surface area contributed by atoms with Crippen LogP contribution in [0.4, 0.5) is 0 Å². The van der Waals surface area contributed by atoms with Gasteiger partial charge in [0.15, 0.2) is 0 Å². The molecule has 2 nitrogen and oxygen atoms in total. The third-order valence-electron chi connectivity index (χ3n) is 0. The van der Waals surface area contributed by atoms with Gasteiger partial charge in [0.05, 0.1) is 0 Å². The van der Waals surface area contributed by atoms with Gasteiger partial charge in [-0.3, -0.25) is 0 Å². The second-order valence-corrected chi connectivity index (χ2v) is 0. The predicted octanol–water partition coefficient (Wildman–Crippen LogP) is -6.84. The zero-order chi connectivity index (χ0) is 4.00. The van der Waals surface area contributed by atoms with Gasteiger partial charge in [-0.25, -0.2) is 0 Å². The smallest absolute Gasteiger partial charge is 1.00 e. The quantitative estimate of drug-likeness (QED) is 0.318. The Bertz CT molecular complexity index is 13.7. The van der Waals surface area contributed by atoms with Crippen molar-refractivity contribution < 1.29 is 69.0 Å². The van der Waals surface area contributed by atoms with Gasteiger partial charge in [-0.05, 0) is 14.1 Å². The van der Waals surface area contributed by atoms with E-state index in [1.54, 1.807) is 0 Å². The molecule has 0 saturated heterocycles. The average Bonchev–Trinajstić information content (AvgIpc) is 1.50. The van der Waals surface area contributed by atoms with E-state index in [4.69, 9.17) is 0 Å². The van der Waals surface area contributed by atoms with Crippen molar-refractivity contribution in [2.75, 3.05) is 14.1 Å². The van der Waals surface area contributed by atoms with E-state index in [9.17, 15) is 0 Å². The predicted molar refractivity (Wildman–Crippen MR) is 20.2 cm³/mol. The molecule has 0 aromatic carbocycles. The van der Waals surface area contributed by atoms with Crippen molar-refractivity contribution in [1.82, 2.24) is 0 Å². The molecule has 0 fully saturated rings. The van der Waals surface area contributed by atoms with Crippen molar-refractivity contribution in [1.29, 1.82) is 0 Å². The molecule has 0 aliphatic rings. The van der Waals surface area contributed by atoms with Crippen LogP contribution in [0.5, 0.6) is 0 Å². The Balaban J connectivity index is -0.00000000267. The number of rotatable bonds is 0. The fourth-order valence-corrected chi connectivity index (χ4v) is 0. The second kappa shape index (κ2) is 94.2. The van der Waals surface area contributed by atoms with Gasteiger partial charge >= 0.3 is 21.1 Å². The van der Waals surface area contributed by atoms with Crippen molar-refractivity contribution >= 4 is 0 Å². The minimum atomic E-state index is 0. The maximum Gasteiger partial charge on any atom is 2.00 e. The first kappa shape index (κ1) is 35.7. The summed E-state index contributed by atoms with van der Waals surface area (Å²) in [6.45, 7) is 0. The maximum atomic E-state index is 4.50. The first-order valence-electron chi connectivity index (χ1n) is 1.15. The first-order chi connectivity index (χ1) is 2.00. The van der Waals surface area contributed by atoms with E-state index >= 15 is 0 Å². The molecule has 0 bridgehead atoms. The molecule has 0 aliphatic heterocycles. The van der Waals surface area contributed by atoms with Crippen LogP contribution in [0.1, 0.15) is 0 Å². The Morgan fingerprint density at radius 2 is 0.714 bits per heavy atom. The fraction of sp³-hybridized carbons (Fsp3) is 1.00. The Labute approximate surface area is 93.5 Å². The summed E-state index contributed by atoms with van der Waals surface area (Å²) in [7, 11) is 3.00. The minimum absolute atomic E-state index is 0. The van der Waals surface area contributed by atoms with Crippen LogP contribution in [-0.2, 0) is 21.1 Å². The summed E-state index contributed by atoms with van der Waals surface area (Å²) in [5, 5.41) is 0. The molecule has 0 spiro atoms. The second-order valence-electron chi connectivity index (χ2n) is 0. The molecule has 5 heteroatoms.